The molecule has 16 heavy (non-hydrogen) atoms. The molecular weight excluding hydrogens is 208 g/mol. The van der Waals surface area contributed by atoms with Crippen LogP contribution in [0.2, 0.25) is 0 Å². The molecule has 0 amide bonds. The molecule has 0 aromatic carbocycles. The number of esters is 1. The van der Waals surface area contributed by atoms with E-state index in [1.165, 1.54) is 6.20 Å². The molecule has 0 aliphatic carbocycles. The van der Waals surface area contributed by atoms with Crippen molar-refractivity contribution in [2.45, 2.75) is 6.92 Å². The maximum absolute atomic E-state index is 11.6. The second-order valence-corrected chi connectivity index (χ2v) is 3.16. The fourth-order valence-corrected chi connectivity index (χ4v) is 1.44. The van der Waals surface area contributed by atoms with Crippen LogP contribution < -0.4 is 4.74 Å². The zero-order chi connectivity index (χ0) is 11.5. The van der Waals surface area contributed by atoms with Gasteiger partial charge in [-0.25, -0.2) is 9.78 Å². The molecule has 0 aliphatic heterocycles. The largest absolute Gasteiger partial charge is 0.497 e. The summed E-state index contributed by atoms with van der Waals surface area (Å²) < 4.78 is 11.7. The monoisotopic (exact) mass is 220 g/mol. The average Bonchev–Trinajstić information content (AvgIpc) is 2.71. The van der Waals surface area contributed by atoms with E-state index in [0.717, 1.165) is 0 Å². The van der Waals surface area contributed by atoms with Crippen LogP contribution in [0.4, 0.5) is 0 Å². The molecule has 0 saturated heterocycles. The quantitative estimate of drug-likeness (QED) is 0.736. The topological polar surface area (TPSA) is 52.8 Å². The van der Waals surface area contributed by atoms with Gasteiger partial charge >= 0.3 is 5.97 Å². The van der Waals surface area contributed by atoms with Crippen molar-refractivity contribution in [3.63, 3.8) is 0 Å². The van der Waals surface area contributed by atoms with Gasteiger partial charge < -0.3 is 9.47 Å². The van der Waals surface area contributed by atoms with Gasteiger partial charge in [0.05, 0.1) is 19.9 Å². The van der Waals surface area contributed by atoms with E-state index in [4.69, 9.17) is 9.47 Å². The van der Waals surface area contributed by atoms with Crippen LogP contribution in [0.15, 0.2) is 24.5 Å². The summed E-state index contributed by atoms with van der Waals surface area (Å²) in [5.41, 5.74) is 1.07. The summed E-state index contributed by atoms with van der Waals surface area (Å²) >= 11 is 0. The highest BCUT2D eigenvalue weighted by Crippen LogP contribution is 2.15. The lowest BCUT2D eigenvalue weighted by atomic mass is 10.4. The van der Waals surface area contributed by atoms with Crippen molar-refractivity contribution in [3.05, 3.63) is 30.2 Å². The summed E-state index contributed by atoms with van der Waals surface area (Å²) in [7, 11) is 1.58. The number of imidazole rings is 1. The molecule has 0 unspecified atom stereocenters. The lowest BCUT2D eigenvalue weighted by molar-refractivity contribution is 0.0518. The van der Waals surface area contributed by atoms with E-state index in [9.17, 15) is 4.79 Å². The van der Waals surface area contributed by atoms with Gasteiger partial charge in [0.1, 0.15) is 11.4 Å². The average molecular weight is 220 g/mol. The maximum Gasteiger partial charge on any atom is 0.356 e. The van der Waals surface area contributed by atoms with E-state index in [1.54, 1.807) is 36.8 Å². The van der Waals surface area contributed by atoms with E-state index in [2.05, 4.69) is 4.98 Å². The number of hydrogen-bond donors (Lipinski definition) is 0. The first-order valence-electron chi connectivity index (χ1n) is 4.94. The third kappa shape index (κ3) is 1.71. The van der Waals surface area contributed by atoms with Gasteiger partial charge in [-0.1, -0.05) is 0 Å². The zero-order valence-corrected chi connectivity index (χ0v) is 9.14. The Kier molecular flexibility index (Phi) is 2.76. The number of ether oxygens (including phenoxy) is 2. The molecule has 0 bridgehead atoms. The summed E-state index contributed by atoms with van der Waals surface area (Å²) in [5, 5.41) is 0. The first-order valence-corrected chi connectivity index (χ1v) is 4.94. The Morgan fingerprint density at radius 2 is 2.38 bits per heavy atom. The van der Waals surface area contributed by atoms with Crippen LogP contribution in [0.5, 0.6) is 5.75 Å². The van der Waals surface area contributed by atoms with E-state index >= 15 is 0 Å². The van der Waals surface area contributed by atoms with Crippen LogP contribution in [-0.2, 0) is 4.74 Å². The van der Waals surface area contributed by atoms with Crippen molar-refractivity contribution in [2.75, 3.05) is 13.7 Å². The summed E-state index contributed by atoms with van der Waals surface area (Å²) in [5.74, 6) is 0.327. The predicted octanol–water partition coefficient (Wildman–Crippen LogP) is 1.52. The second-order valence-electron chi connectivity index (χ2n) is 3.16. The van der Waals surface area contributed by atoms with Crippen LogP contribution in [0.1, 0.15) is 17.4 Å². The number of carbonyl (C=O) groups is 1. The van der Waals surface area contributed by atoms with Crippen LogP contribution in [0, 0.1) is 0 Å². The molecule has 0 radical (unpaired) electrons. The van der Waals surface area contributed by atoms with Crippen LogP contribution >= 0.6 is 0 Å². The van der Waals surface area contributed by atoms with Crippen LogP contribution in [-0.4, -0.2) is 29.1 Å². The van der Waals surface area contributed by atoms with Crippen LogP contribution in [0.25, 0.3) is 5.65 Å². The van der Waals surface area contributed by atoms with Crippen LogP contribution in [0.3, 0.4) is 0 Å². The third-order valence-corrected chi connectivity index (χ3v) is 2.20. The Hall–Kier alpha value is -2.04. The van der Waals surface area contributed by atoms with Gasteiger partial charge in [0.2, 0.25) is 0 Å². The van der Waals surface area contributed by atoms with Crippen molar-refractivity contribution in [2.24, 2.45) is 0 Å². The van der Waals surface area contributed by atoms with E-state index in [0.29, 0.717) is 23.7 Å². The number of hydrogen-bond acceptors (Lipinski definition) is 4. The maximum atomic E-state index is 11.6. The molecule has 2 aromatic rings. The summed E-state index contributed by atoms with van der Waals surface area (Å²) in [6, 6.07) is 3.51. The SMILES string of the molecule is CCOC(=O)c1cnc2cc(OC)ccn12. The molecule has 0 N–H and O–H groups in total. The highest BCUT2D eigenvalue weighted by Gasteiger charge is 2.12. The summed E-state index contributed by atoms with van der Waals surface area (Å²) in [6.45, 7) is 2.12. The second kappa shape index (κ2) is 4.22. The normalized spacial score (nSPS) is 10.4. The predicted molar refractivity (Wildman–Crippen MR) is 57.7 cm³/mol. The van der Waals surface area contributed by atoms with E-state index in [1.807, 2.05) is 0 Å². The fraction of sp³-hybridized carbons (Fsp3) is 0.273. The molecule has 5 heteroatoms. The molecule has 5 nitrogen and oxygen atoms in total. The molecule has 0 fully saturated rings. The lowest BCUT2D eigenvalue weighted by Gasteiger charge is -2.03. The van der Waals surface area contributed by atoms with Gasteiger partial charge in [-0.15, -0.1) is 0 Å². The minimum atomic E-state index is -0.375. The van der Waals surface area contributed by atoms with Gasteiger partial charge in [-0.05, 0) is 13.0 Å². The number of fused-ring (bicyclic) bond motifs is 1. The summed E-state index contributed by atoms with van der Waals surface area (Å²) in [6.07, 6.45) is 3.22. The van der Waals surface area contributed by atoms with Crippen molar-refractivity contribution >= 4 is 11.6 Å². The number of aromatic nitrogens is 2. The molecule has 2 heterocycles. The molecule has 0 atom stereocenters. The Bertz CT molecular complexity index is 519. The van der Waals surface area contributed by atoms with E-state index < -0.39 is 0 Å². The molecule has 84 valence electrons. The smallest absolute Gasteiger partial charge is 0.356 e. The molecule has 0 aliphatic rings. The van der Waals surface area contributed by atoms with Gasteiger partial charge in [-0.3, -0.25) is 4.40 Å². The van der Waals surface area contributed by atoms with Crippen molar-refractivity contribution in [3.8, 4) is 5.75 Å². The number of methoxy groups -OCH3 is 1. The molecule has 2 aromatic heterocycles. The van der Waals surface area contributed by atoms with Gasteiger partial charge in [0.15, 0.2) is 5.69 Å². The molecule has 0 saturated carbocycles. The van der Waals surface area contributed by atoms with E-state index in [-0.39, 0.29) is 5.97 Å². The first-order chi connectivity index (χ1) is 7.76. The fourth-order valence-electron chi connectivity index (χ4n) is 1.44. The zero-order valence-electron chi connectivity index (χ0n) is 9.14. The molecule has 2 rings (SSSR count). The standard InChI is InChI=1S/C11H12N2O3/c1-3-16-11(14)9-7-12-10-6-8(15-2)4-5-13(9)10/h4-7H,3H2,1-2H3. The summed E-state index contributed by atoms with van der Waals surface area (Å²) in [4.78, 5) is 15.7. The molecular formula is C11H12N2O3. The van der Waals surface area contributed by atoms with Crippen molar-refractivity contribution in [1.29, 1.82) is 0 Å². The third-order valence-electron chi connectivity index (χ3n) is 2.20. The van der Waals surface area contributed by atoms with Crippen molar-refractivity contribution in [1.82, 2.24) is 9.38 Å². The minimum absolute atomic E-state index is 0.349. The Morgan fingerprint density at radius 1 is 1.56 bits per heavy atom. The first kappa shape index (κ1) is 10.5. The highest BCUT2D eigenvalue weighted by atomic mass is 16.5. The van der Waals surface area contributed by atoms with Gasteiger partial charge in [0.25, 0.3) is 0 Å². The van der Waals surface area contributed by atoms with Gasteiger partial charge in [-0.2, -0.15) is 0 Å². The molecule has 0 spiro atoms. The van der Waals surface area contributed by atoms with Crippen molar-refractivity contribution < 1.29 is 14.3 Å². The highest BCUT2D eigenvalue weighted by molar-refractivity contribution is 5.88. The number of nitrogens with zero attached hydrogens (tertiary/aromatic N) is 2. The number of carbonyl (C=O) groups excluding carboxylic acids is 1. The Morgan fingerprint density at radius 3 is 3.06 bits per heavy atom. The Labute approximate surface area is 92.6 Å². The van der Waals surface area contributed by atoms with Gasteiger partial charge in [0, 0.05) is 12.3 Å². The minimum Gasteiger partial charge on any atom is -0.497 e. The Balaban J connectivity index is 2.45. The number of rotatable bonds is 3. The number of pyridine rings is 1. The lowest BCUT2D eigenvalue weighted by Crippen LogP contribution is -2.07.